The Morgan fingerprint density at radius 2 is 2.17 bits per heavy atom. The van der Waals surface area contributed by atoms with Crippen LogP contribution >= 0.6 is 23.1 Å². The average Bonchev–Trinajstić information content (AvgIpc) is 2.93. The van der Waals surface area contributed by atoms with Crippen LogP contribution in [-0.2, 0) is 4.79 Å². The molecule has 0 aliphatic carbocycles. The van der Waals surface area contributed by atoms with Crippen molar-refractivity contribution in [1.29, 1.82) is 5.26 Å². The van der Waals surface area contributed by atoms with Gasteiger partial charge < -0.3 is 10.1 Å². The highest BCUT2D eigenvalue weighted by atomic mass is 32.2. The van der Waals surface area contributed by atoms with Gasteiger partial charge in [0.1, 0.15) is 0 Å². The van der Waals surface area contributed by atoms with Gasteiger partial charge in [0.05, 0.1) is 23.0 Å². The summed E-state index contributed by atoms with van der Waals surface area (Å²) in [4.78, 5) is 12.2. The van der Waals surface area contributed by atoms with Crippen molar-refractivity contribution in [2.45, 2.75) is 36.5 Å². The Kier molecular flexibility index (Phi) is 5.96. The van der Waals surface area contributed by atoms with Gasteiger partial charge in [-0.2, -0.15) is 5.26 Å². The average molecular weight is 348 g/mol. The molecule has 6 nitrogen and oxygen atoms in total. The number of benzene rings is 1. The minimum atomic E-state index is -0.347. The van der Waals surface area contributed by atoms with E-state index >= 15 is 0 Å². The maximum atomic E-state index is 12.2. The Morgan fingerprint density at radius 3 is 2.87 bits per heavy atom. The molecule has 2 rings (SSSR count). The predicted molar refractivity (Wildman–Crippen MR) is 90.8 cm³/mol. The van der Waals surface area contributed by atoms with Crippen molar-refractivity contribution in [3.05, 3.63) is 29.8 Å². The molecule has 1 aromatic carbocycles. The molecule has 0 bridgehead atoms. The van der Waals surface area contributed by atoms with Crippen molar-refractivity contribution in [3.8, 4) is 11.3 Å². The number of amides is 1. The number of rotatable bonds is 6. The Morgan fingerprint density at radius 1 is 1.39 bits per heavy atom. The van der Waals surface area contributed by atoms with Crippen LogP contribution in [0.25, 0.3) is 0 Å². The predicted octanol–water partition coefficient (Wildman–Crippen LogP) is 3.32. The fourth-order valence-electron chi connectivity index (χ4n) is 1.61. The number of nitrogens with zero attached hydrogens (tertiary/aromatic N) is 3. The van der Waals surface area contributed by atoms with Crippen LogP contribution in [-0.4, -0.2) is 27.5 Å². The SMILES string of the molecule is CC(C)Oc1nnc(SC(C)C(=O)Nc2cccc(C#N)c2)s1. The molecule has 1 atom stereocenters. The van der Waals surface area contributed by atoms with Gasteiger partial charge in [-0.1, -0.05) is 22.9 Å². The van der Waals surface area contributed by atoms with Crippen molar-refractivity contribution in [1.82, 2.24) is 10.2 Å². The Bertz CT molecular complexity index is 724. The van der Waals surface area contributed by atoms with Crippen LogP contribution in [0, 0.1) is 11.3 Å². The summed E-state index contributed by atoms with van der Waals surface area (Å²) in [7, 11) is 0. The second-order valence-electron chi connectivity index (χ2n) is 4.94. The summed E-state index contributed by atoms with van der Waals surface area (Å²) in [6, 6.07) is 8.83. The molecule has 1 amide bonds. The van der Waals surface area contributed by atoms with Crippen LogP contribution in [0.5, 0.6) is 5.19 Å². The van der Waals surface area contributed by atoms with E-state index in [1.54, 1.807) is 31.2 Å². The Balaban J connectivity index is 1.94. The summed E-state index contributed by atoms with van der Waals surface area (Å²) in [5, 5.41) is 19.8. The Labute approximate surface area is 142 Å². The molecule has 0 aliphatic heterocycles. The summed E-state index contributed by atoms with van der Waals surface area (Å²) in [6.07, 6.45) is 0.0360. The molecule has 8 heteroatoms. The lowest BCUT2D eigenvalue weighted by atomic mass is 10.2. The Hall–Kier alpha value is -2.11. The highest BCUT2D eigenvalue weighted by molar-refractivity contribution is 8.02. The molecule has 1 N–H and O–H groups in total. The highest BCUT2D eigenvalue weighted by Crippen LogP contribution is 2.31. The van der Waals surface area contributed by atoms with Crippen molar-refractivity contribution >= 4 is 34.7 Å². The molecule has 0 saturated heterocycles. The van der Waals surface area contributed by atoms with Crippen molar-refractivity contribution < 1.29 is 9.53 Å². The first-order valence-electron chi connectivity index (χ1n) is 6.95. The minimum Gasteiger partial charge on any atom is -0.466 e. The molecule has 1 heterocycles. The molecule has 1 unspecified atom stereocenters. The largest absolute Gasteiger partial charge is 0.466 e. The van der Waals surface area contributed by atoms with E-state index in [-0.39, 0.29) is 17.3 Å². The van der Waals surface area contributed by atoms with Gasteiger partial charge in [-0.15, -0.1) is 5.10 Å². The molecular formula is C15H16N4O2S2. The van der Waals surface area contributed by atoms with E-state index in [0.29, 0.717) is 20.8 Å². The minimum absolute atomic E-state index is 0.0360. The lowest BCUT2D eigenvalue weighted by molar-refractivity contribution is -0.115. The van der Waals surface area contributed by atoms with E-state index < -0.39 is 0 Å². The zero-order valence-corrected chi connectivity index (χ0v) is 14.6. The number of thioether (sulfide) groups is 1. The van der Waals surface area contributed by atoms with Crippen molar-refractivity contribution in [2.75, 3.05) is 5.32 Å². The van der Waals surface area contributed by atoms with Gasteiger partial charge in [0.2, 0.25) is 5.91 Å². The van der Waals surface area contributed by atoms with E-state index in [1.807, 2.05) is 19.9 Å². The lowest BCUT2D eigenvalue weighted by Gasteiger charge is -2.10. The van der Waals surface area contributed by atoms with E-state index in [9.17, 15) is 4.79 Å². The molecule has 0 saturated carbocycles. The second-order valence-corrected chi connectivity index (χ2v) is 7.47. The first kappa shape index (κ1) is 17.2. The van der Waals surface area contributed by atoms with Crippen molar-refractivity contribution in [3.63, 3.8) is 0 Å². The standard InChI is InChI=1S/C15H16N4O2S2/c1-9(2)21-14-18-19-15(23-14)22-10(3)13(20)17-12-6-4-5-11(7-12)8-16/h4-7,9-10H,1-3H3,(H,17,20). The van der Waals surface area contributed by atoms with Crippen LogP contribution in [0.4, 0.5) is 5.69 Å². The van der Waals surface area contributed by atoms with Gasteiger partial charge in [0, 0.05) is 5.69 Å². The third-order valence-corrected chi connectivity index (χ3v) is 4.63. The number of hydrogen-bond donors (Lipinski definition) is 1. The fraction of sp³-hybridized carbons (Fsp3) is 0.333. The normalized spacial score (nSPS) is 11.8. The molecule has 0 spiro atoms. The summed E-state index contributed by atoms with van der Waals surface area (Å²) >= 11 is 2.63. The van der Waals surface area contributed by atoms with Crippen LogP contribution in [0.2, 0.25) is 0 Å². The number of ether oxygens (including phenoxy) is 1. The number of aromatic nitrogens is 2. The topological polar surface area (TPSA) is 87.9 Å². The smallest absolute Gasteiger partial charge is 0.295 e. The van der Waals surface area contributed by atoms with Gasteiger partial charge in [-0.3, -0.25) is 4.79 Å². The van der Waals surface area contributed by atoms with Crippen LogP contribution in [0.15, 0.2) is 28.6 Å². The zero-order valence-electron chi connectivity index (χ0n) is 12.9. The fourth-order valence-corrected chi connectivity index (χ4v) is 3.56. The van der Waals surface area contributed by atoms with E-state index in [1.165, 1.54) is 23.1 Å². The van der Waals surface area contributed by atoms with Gasteiger partial charge >= 0.3 is 0 Å². The molecule has 1 aromatic heterocycles. The highest BCUT2D eigenvalue weighted by Gasteiger charge is 2.18. The number of carbonyl (C=O) groups excluding carboxylic acids is 1. The monoisotopic (exact) mass is 348 g/mol. The summed E-state index contributed by atoms with van der Waals surface area (Å²) in [5.41, 5.74) is 1.10. The third kappa shape index (κ3) is 5.23. The van der Waals surface area contributed by atoms with Gasteiger partial charge in [-0.25, -0.2) is 0 Å². The number of carbonyl (C=O) groups is 1. The number of nitriles is 1. The molecule has 2 aromatic rings. The zero-order chi connectivity index (χ0) is 16.8. The lowest BCUT2D eigenvalue weighted by Crippen LogP contribution is -2.22. The molecule has 120 valence electrons. The summed E-state index contributed by atoms with van der Waals surface area (Å²) < 4.78 is 6.13. The second kappa shape index (κ2) is 7.94. The van der Waals surface area contributed by atoms with E-state index in [0.717, 1.165) is 0 Å². The molecule has 0 radical (unpaired) electrons. The third-order valence-electron chi connectivity index (χ3n) is 2.63. The summed E-state index contributed by atoms with van der Waals surface area (Å²) in [6.45, 7) is 5.62. The first-order chi connectivity index (χ1) is 11.0. The maximum absolute atomic E-state index is 12.2. The summed E-state index contributed by atoms with van der Waals surface area (Å²) in [5.74, 6) is -0.161. The van der Waals surface area contributed by atoms with E-state index in [4.69, 9.17) is 10.00 Å². The van der Waals surface area contributed by atoms with E-state index in [2.05, 4.69) is 15.5 Å². The molecule has 23 heavy (non-hydrogen) atoms. The number of nitrogens with one attached hydrogen (secondary N) is 1. The first-order valence-corrected chi connectivity index (χ1v) is 8.65. The number of hydrogen-bond acceptors (Lipinski definition) is 7. The molecule has 0 fully saturated rings. The van der Waals surface area contributed by atoms with Crippen molar-refractivity contribution in [2.24, 2.45) is 0 Å². The van der Waals surface area contributed by atoms with Crippen LogP contribution in [0.1, 0.15) is 26.3 Å². The van der Waals surface area contributed by atoms with Gasteiger partial charge in [0.15, 0.2) is 4.34 Å². The van der Waals surface area contributed by atoms with Gasteiger partial charge in [0.25, 0.3) is 5.19 Å². The van der Waals surface area contributed by atoms with Crippen LogP contribution < -0.4 is 10.1 Å². The molecule has 0 aliphatic rings. The number of anilines is 1. The molecular weight excluding hydrogens is 332 g/mol. The van der Waals surface area contributed by atoms with Gasteiger partial charge in [-0.05, 0) is 50.3 Å². The van der Waals surface area contributed by atoms with Crippen LogP contribution in [0.3, 0.4) is 0 Å². The maximum Gasteiger partial charge on any atom is 0.295 e. The quantitative estimate of drug-likeness (QED) is 0.806.